The minimum absolute atomic E-state index is 0.206. The van der Waals surface area contributed by atoms with Gasteiger partial charge in [0.25, 0.3) is 0 Å². The van der Waals surface area contributed by atoms with E-state index >= 15 is 0 Å². The fraction of sp³-hybridized carbons (Fsp3) is 0.458. The Morgan fingerprint density at radius 2 is 2.06 bits per heavy atom. The minimum Gasteiger partial charge on any atom is -0.497 e. The highest BCUT2D eigenvalue weighted by Gasteiger charge is 2.22. The van der Waals surface area contributed by atoms with Crippen molar-refractivity contribution in [3.05, 3.63) is 59.7 Å². The first-order valence-electron chi connectivity index (χ1n) is 11.1. The molecule has 3 heterocycles. The number of hydrogen-bond acceptors (Lipinski definition) is 8. The van der Waals surface area contributed by atoms with Crippen molar-refractivity contribution in [3.63, 3.8) is 0 Å². The van der Waals surface area contributed by atoms with Crippen molar-refractivity contribution in [3.8, 4) is 11.5 Å². The highest BCUT2D eigenvalue weighted by atomic mass is 32.2. The molecule has 1 unspecified atom stereocenters. The number of aromatic nitrogens is 4. The van der Waals surface area contributed by atoms with Crippen LogP contribution in [0, 0.1) is 0 Å². The number of ether oxygens (including phenoxy) is 3. The van der Waals surface area contributed by atoms with Crippen LogP contribution in [0.3, 0.4) is 0 Å². The van der Waals surface area contributed by atoms with Crippen LogP contribution in [0.2, 0.25) is 0 Å². The molecule has 8 nitrogen and oxygen atoms in total. The van der Waals surface area contributed by atoms with Crippen LogP contribution in [0.5, 0.6) is 11.5 Å². The van der Waals surface area contributed by atoms with Crippen molar-refractivity contribution in [1.82, 2.24) is 24.6 Å². The smallest absolute Gasteiger partial charge is 0.191 e. The summed E-state index contributed by atoms with van der Waals surface area (Å²) in [4.78, 5) is 6.63. The average molecular weight is 470 g/mol. The standard InChI is InChI=1S/C24H31N5O3S/c1-28(14-18-13-20(30-2)9-10-22(18)31-3)16-23-26-27-24(29(23)15-21-8-6-12-32-21)33-17-19-7-4-5-11-25-19/h4-5,7,9-11,13,21H,6,8,12,14-17H2,1-3H3. The van der Waals surface area contributed by atoms with Gasteiger partial charge in [-0.05, 0) is 50.2 Å². The summed E-state index contributed by atoms with van der Waals surface area (Å²) >= 11 is 1.66. The molecule has 1 fully saturated rings. The lowest BCUT2D eigenvalue weighted by Gasteiger charge is -2.20. The maximum Gasteiger partial charge on any atom is 0.191 e. The summed E-state index contributed by atoms with van der Waals surface area (Å²) in [6.07, 6.45) is 4.20. The third kappa shape index (κ3) is 6.25. The minimum atomic E-state index is 0.206. The van der Waals surface area contributed by atoms with Gasteiger partial charge in [0.15, 0.2) is 5.16 Å². The largest absolute Gasteiger partial charge is 0.497 e. The van der Waals surface area contributed by atoms with Crippen LogP contribution < -0.4 is 9.47 Å². The number of hydrogen-bond donors (Lipinski definition) is 0. The number of methoxy groups -OCH3 is 2. The van der Waals surface area contributed by atoms with Crippen molar-refractivity contribution in [2.45, 2.75) is 49.5 Å². The van der Waals surface area contributed by atoms with Crippen molar-refractivity contribution in [2.75, 3.05) is 27.9 Å². The molecule has 4 rings (SSSR count). The molecule has 0 bridgehead atoms. The molecule has 176 valence electrons. The van der Waals surface area contributed by atoms with E-state index in [0.717, 1.165) is 65.5 Å². The first-order chi connectivity index (χ1) is 16.2. The molecule has 0 N–H and O–H groups in total. The molecule has 1 atom stereocenters. The highest BCUT2D eigenvalue weighted by Crippen LogP contribution is 2.27. The Morgan fingerprint density at radius 3 is 2.79 bits per heavy atom. The molecular weight excluding hydrogens is 438 g/mol. The van der Waals surface area contributed by atoms with Crippen LogP contribution >= 0.6 is 11.8 Å². The van der Waals surface area contributed by atoms with Gasteiger partial charge in [0, 0.05) is 30.7 Å². The van der Waals surface area contributed by atoms with Gasteiger partial charge in [-0.1, -0.05) is 17.8 Å². The Balaban J connectivity index is 1.49. The molecular formula is C24H31N5O3S. The van der Waals surface area contributed by atoms with Gasteiger partial charge in [-0.25, -0.2) is 0 Å². The summed E-state index contributed by atoms with van der Waals surface area (Å²) in [5, 5.41) is 9.96. The molecule has 2 aromatic heterocycles. The summed E-state index contributed by atoms with van der Waals surface area (Å²) in [6.45, 7) is 2.95. The lowest BCUT2D eigenvalue weighted by Crippen LogP contribution is -2.23. The van der Waals surface area contributed by atoms with Crippen LogP contribution in [0.25, 0.3) is 0 Å². The Kier molecular flexibility index (Phi) is 8.20. The summed E-state index contributed by atoms with van der Waals surface area (Å²) in [7, 11) is 5.44. The SMILES string of the molecule is COc1ccc(OC)c(CN(C)Cc2nnc(SCc3ccccn3)n2CC2CCCO2)c1. The highest BCUT2D eigenvalue weighted by molar-refractivity contribution is 7.98. The van der Waals surface area contributed by atoms with Gasteiger partial charge in [0.1, 0.15) is 17.3 Å². The van der Waals surface area contributed by atoms with E-state index in [-0.39, 0.29) is 6.10 Å². The molecule has 9 heteroatoms. The van der Waals surface area contributed by atoms with Crippen LogP contribution in [-0.4, -0.2) is 58.6 Å². The molecule has 1 aliphatic heterocycles. The fourth-order valence-corrected chi connectivity index (χ4v) is 4.82. The Morgan fingerprint density at radius 1 is 1.15 bits per heavy atom. The fourth-order valence-electron chi connectivity index (χ4n) is 3.93. The van der Waals surface area contributed by atoms with Crippen molar-refractivity contribution < 1.29 is 14.2 Å². The van der Waals surface area contributed by atoms with E-state index in [1.807, 2.05) is 42.6 Å². The molecule has 0 aliphatic carbocycles. The lowest BCUT2D eigenvalue weighted by molar-refractivity contribution is 0.0934. The zero-order chi connectivity index (χ0) is 23.0. The van der Waals surface area contributed by atoms with Crippen LogP contribution in [0.1, 0.15) is 29.9 Å². The van der Waals surface area contributed by atoms with E-state index < -0.39 is 0 Å². The monoisotopic (exact) mass is 469 g/mol. The molecule has 1 aromatic carbocycles. The van der Waals surface area contributed by atoms with E-state index in [4.69, 9.17) is 14.2 Å². The van der Waals surface area contributed by atoms with E-state index in [1.54, 1.807) is 26.0 Å². The van der Waals surface area contributed by atoms with E-state index in [0.29, 0.717) is 13.1 Å². The first-order valence-corrected chi connectivity index (χ1v) is 12.1. The second-order valence-corrected chi connectivity index (χ2v) is 9.05. The zero-order valence-corrected chi connectivity index (χ0v) is 20.3. The molecule has 0 radical (unpaired) electrons. The predicted octanol–water partition coefficient (Wildman–Crippen LogP) is 3.79. The van der Waals surface area contributed by atoms with Crippen molar-refractivity contribution in [2.24, 2.45) is 0 Å². The van der Waals surface area contributed by atoms with E-state index in [2.05, 4.69) is 31.7 Å². The quantitative estimate of drug-likeness (QED) is 0.393. The lowest BCUT2D eigenvalue weighted by atomic mass is 10.1. The Hall–Kier alpha value is -2.62. The average Bonchev–Trinajstić information content (AvgIpc) is 3.49. The molecule has 0 spiro atoms. The van der Waals surface area contributed by atoms with Gasteiger partial charge in [-0.2, -0.15) is 0 Å². The maximum atomic E-state index is 5.91. The Bertz CT molecular complexity index is 1020. The maximum absolute atomic E-state index is 5.91. The van der Waals surface area contributed by atoms with Crippen molar-refractivity contribution in [1.29, 1.82) is 0 Å². The molecule has 0 saturated carbocycles. The number of pyridine rings is 1. The van der Waals surface area contributed by atoms with Gasteiger partial charge < -0.3 is 18.8 Å². The topological polar surface area (TPSA) is 74.5 Å². The second kappa shape index (κ2) is 11.5. The molecule has 33 heavy (non-hydrogen) atoms. The van der Waals surface area contributed by atoms with Gasteiger partial charge in [-0.3, -0.25) is 9.88 Å². The second-order valence-electron chi connectivity index (χ2n) is 8.10. The van der Waals surface area contributed by atoms with Gasteiger partial charge in [0.2, 0.25) is 0 Å². The number of rotatable bonds is 11. The summed E-state index contributed by atoms with van der Waals surface area (Å²) < 4.78 is 19.1. The molecule has 1 aliphatic rings. The summed E-state index contributed by atoms with van der Waals surface area (Å²) in [5.74, 6) is 3.34. The van der Waals surface area contributed by atoms with E-state index in [1.165, 1.54) is 0 Å². The van der Waals surface area contributed by atoms with E-state index in [9.17, 15) is 0 Å². The van der Waals surface area contributed by atoms with Crippen LogP contribution in [-0.2, 0) is 30.1 Å². The number of benzene rings is 1. The third-order valence-corrected chi connectivity index (χ3v) is 6.62. The zero-order valence-electron chi connectivity index (χ0n) is 19.4. The van der Waals surface area contributed by atoms with Crippen molar-refractivity contribution >= 4 is 11.8 Å². The number of thioether (sulfide) groups is 1. The normalized spacial score (nSPS) is 15.8. The van der Waals surface area contributed by atoms with Gasteiger partial charge in [-0.15, -0.1) is 10.2 Å². The van der Waals surface area contributed by atoms with Crippen LogP contribution in [0.15, 0.2) is 47.8 Å². The summed E-state index contributed by atoms with van der Waals surface area (Å²) in [5.41, 5.74) is 2.09. The third-order valence-electron chi connectivity index (χ3n) is 5.62. The van der Waals surface area contributed by atoms with Gasteiger partial charge >= 0.3 is 0 Å². The molecule has 1 saturated heterocycles. The molecule has 3 aromatic rings. The van der Waals surface area contributed by atoms with Gasteiger partial charge in [0.05, 0.1) is 39.1 Å². The number of nitrogens with zero attached hydrogens (tertiary/aromatic N) is 5. The summed E-state index contributed by atoms with van der Waals surface area (Å²) in [6, 6.07) is 11.8. The predicted molar refractivity (Wildman–Crippen MR) is 128 cm³/mol. The first kappa shape index (κ1) is 23.5. The molecule has 0 amide bonds. The Labute approximate surface area is 199 Å². The van der Waals surface area contributed by atoms with Crippen LogP contribution in [0.4, 0.5) is 0 Å².